The largest absolute Gasteiger partial charge is 0.455 e. The molecule has 3 N–H and O–H groups in total. The van der Waals surface area contributed by atoms with E-state index in [0.717, 1.165) is 5.56 Å². The fraction of sp³-hybridized carbons (Fsp3) is 0.143. The molecule has 18 heavy (non-hydrogen) atoms. The Morgan fingerprint density at radius 3 is 2.67 bits per heavy atom. The molecule has 1 atom stereocenters. The van der Waals surface area contributed by atoms with Crippen LogP contribution in [0, 0.1) is 0 Å². The van der Waals surface area contributed by atoms with Crippen LogP contribution in [-0.2, 0) is 0 Å². The second-order valence-electron chi connectivity index (χ2n) is 4.03. The van der Waals surface area contributed by atoms with E-state index < -0.39 is 6.10 Å². The molecule has 0 saturated heterocycles. The Labute approximate surface area is 111 Å². The predicted octanol–water partition coefficient (Wildman–Crippen LogP) is 3.77. The molecular weight excluding hydrogens is 250 g/mol. The number of aliphatic hydroxyl groups is 1. The zero-order valence-electron chi connectivity index (χ0n) is 9.93. The Balaban J connectivity index is 2.25. The monoisotopic (exact) mass is 263 g/mol. The summed E-state index contributed by atoms with van der Waals surface area (Å²) in [4.78, 5) is 0. The molecule has 0 aromatic heterocycles. The Kier molecular flexibility index (Phi) is 3.75. The Bertz CT molecular complexity index is 555. The van der Waals surface area contributed by atoms with Crippen LogP contribution in [0.15, 0.2) is 42.5 Å². The lowest BCUT2D eigenvalue weighted by molar-refractivity contribution is 0.199. The summed E-state index contributed by atoms with van der Waals surface area (Å²) < 4.78 is 5.66. The zero-order valence-corrected chi connectivity index (χ0v) is 10.7. The van der Waals surface area contributed by atoms with Crippen molar-refractivity contribution in [3.63, 3.8) is 0 Å². The van der Waals surface area contributed by atoms with Gasteiger partial charge in [0.2, 0.25) is 0 Å². The third-order valence-electron chi connectivity index (χ3n) is 2.54. The van der Waals surface area contributed by atoms with E-state index in [1.165, 1.54) is 0 Å². The van der Waals surface area contributed by atoms with Crippen LogP contribution in [0.1, 0.15) is 18.6 Å². The number of aliphatic hydroxyl groups excluding tert-OH is 1. The molecule has 0 aliphatic rings. The molecule has 94 valence electrons. The SMILES string of the molecule is C[C@H](O)c1cccc(Oc2ccc(Cl)cc2N)c1. The summed E-state index contributed by atoms with van der Waals surface area (Å²) in [5.74, 6) is 1.17. The standard InChI is InChI=1S/C14H14ClNO2/c1-9(17)10-3-2-4-12(7-10)18-14-6-5-11(15)8-13(14)16/h2-9,17H,16H2,1H3/t9-/m0/s1. The maximum atomic E-state index is 9.51. The molecule has 0 saturated carbocycles. The molecule has 0 amide bonds. The van der Waals surface area contributed by atoms with Crippen molar-refractivity contribution in [3.8, 4) is 11.5 Å². The van der Waals surface area contributed by atoms with E-state index in [1.807, 2.05) is 12.1 Å². The second-order valence-corrected chi connectivity index (χ2v) is 4.47. The first kappa shape index (κ1) is 12.7. The van der Waals surface area contributed by atoms with E-state index >= 15 is 0 Å². The van der Waals surface area contributed by atoms with E-state index in [9.17, 15) is 5.11 Å². The number of halogens is 1. The minimum Gasteiger partial charge on any atom is -0.455 e. The number of anilines is 1. The van der Waals surface area contributed by atoms with Crippen LogP contribution in [0.5, 0.6) is 11.5 Å². The van der Waals surface area contributed by atoms with Crippen LogP contribution in [0.4, 0.5) is 5.69 Å². The van der Waals surface area contributed by atoms with Crippen LogP contribution >= 0.6 is 11.6 Å². The average molecular weight is 264 g/mol. The molecular formula is C14H14ClNO2. The van der Waals surface area contributed by atoms with Gasteiger partial charge in [-0.25, -0.2) is 0 Å². The second kappa shape index (κ2) is 5.29. The smallest absolute Gasteiger partial charge is 0.150 e. The van der Waals surface area contributed by atoms with Gasteiger partial charge in [0.05, 0.1) is 11.8 Å². The van der Waals surface area contributed by atoms with Crippen LogP contribution in [-0.4, -0.2) is 5.11 Å². The van der Waals surface area contributed by atoms with Crippen LogP contribution in [0.2, 0.25) is 5.02 Å². The molecule has 0 fully saturated rings. The molecule has 0 bridgehead atoms. The lowest BCUT2D eigenvalue weighted by atomic mass is 10.1. The molecule has 2 aromatic rings. The fourth-order valence-electron chi connectivity index (χ4n) is 1.58. The molecule has 0 aliphatic carbocycles. The Morgan fingerprint density at radius 2 is 2.00 bits per heavy atom. The predicted molar refractivity (Wildman–Crippen MR) is 73.0 cm³/mol. The highest BCUT2D eigenvalue weighted by Gasteiger charge is 2.05. The van der Waals surface area contributed by atoms with Crippen molar-refractivity contribution in [2.45, 2.75) is 13.0 Å². The Morgan fingerprint density at radius 1 is 1.22 bits per heavy atom. The number of ether oxygens (including phenoxy) is 1. The summed E-state index contributed by atoms with van der Waals surface area (Å²) in [6, 6.07) is 12.3. The van der Waals surface area contributed by atoms with Gasteiger partial charge in [-0.1, -0.05) is 23.7 Å². The first-order valence-electron chi connectivity index (χ1n) is 5.57. The van der Waals surface area contributed by atoms with Crippen molar-refractivity contribution in [2.24, 2.45) is 0 Å². The maximum Gasteiger partial charge on any atom is 0.150 e. The molecule has 0 heterocycles. The Hall–Kier alpha value is -1.71. The fourth-order valence-corrected chi connectivity index (χ4v) is 1.76. The summed E-state index contributed by atoms with van der Waals surface area (Å²) in [5, 5.41) is 10.1. The summed E-state index contributed by atoms with van der Waals surface area (Å²) in [6.45, 7) is 1.70. The van der Waals surface area contributed by atoms with E-state index in [1.54, 1.807) is 37.3 Å². The quantitative estimate of drug-likeness (QED) is 0.829. The third kappa shape index (κ3) is 2.94. The van der Waals surface area contributed by atoms with E-state index in [-0.39, 0.29) is 0 Å². The van der Waals surface area contributed by atoms with Gasteiger partial charge in [0, 0.05) is 5.02 Å². The number of nitrogen functional groups attached to an aromatic ring is 1. The number of hydrogen-bond acceptors (Lipinski definition) is 3. The highest BCUT2D eigenvalue weighted by Crippen LogP contribution is 2.30. The van der Waals surface area contributed by atoms with Crippen molar-refractivity contribution in [2.75, 3.05) is 5.73 Å². The molecule has 0 aliphatic heterocycles. The zero-order chi connectivity index (χ0) is 13.1. The van der Waals surface area contributed by atoms with Crippen molar-refractivity contribution >= 4 is 17.3 Å². The molecule has 3 nitrogen and oxygen atoms in total. The molecule has 4 heteroatoms. The third-order valence-corrected chi connectivity index (χ3v) is 2.78. The van der Waals surface area contributed by atoms with Gasteiger partial charge in [-0.05, 0) is 42.8 Å². The number of rotatable bonds is 3. The minimum absolute atomic E-state index is 0.477. The highest BCUT2D eigenvalue weighted by atomic mass is 35.5. The molecule has 0 radical (unpaired) electrons. The molecule has 0 unspecified atom stereocenters. The molecule has 2 aromatic carbocycles. The van der Waals surface area contributed by atoms with Gasteiger partial charge < -0.3 is 15.6 Å². The van der Waals surface area contributed by atoms with Gasteiger partial charge in [0.1, 0.15) is 11.5 Å². The van der Waals surface area contributed by atoms with Gasteiger partial charge >= 0.3 is 0 Å². The van der Waals surface area contributed by atoms with Crippen LogP contribution in [0.25, 0.3) is 0 Å². The molecule has 0 spiro atoms. The van der Waals surface area contributed by atoms with Gasteiger partial charge in [0.15, 0.2) is 0 Å². The first-order chi connectivity index (χ1) is 8.56. The van der Waals surface area contributed by atoms with Crippen molar-refractivity contribution in [3.05, 3.63) is 53.1 Å². The maximum absolute atomic E-state index is 9.51. The summed E-state index contributed by atoms with van der Waals surface area (Å²) >= 11 is 5.82. The average Bonchev–Trinajstić information content (AvgIpc) is 2.33. The van der Waals surface area contributed by atoms with E-state index in [0.29, 0.717) is 22.2 Å². The van der Waals surface area contributed by atoms with Gasteiger partial charge in [-0.2, -0.15) is 0 Å². The highest BCUT2D eigenvalue weighted by molar-refractivity contribution is 6.30. The molecule has 2 rings (SSSR count). The number of benzene rings is 2. The van der Waals surface area contributed by atoms with Crippen LogP contribution < -0.4 is 10.5 Å². The first-order valence-corrected chi connectivity index (χ1v) is 5.95. The van der Waals surface area contributed by atoms with Crippen molar-refractivity contribution in [1.29, 1.82) is 0 Å². The van der Waals surface area contributed by atoms with Crippen molar-refractivity contribution in [1.82, 2.24) is 0 Å². The van der Waals surface area contributed by atoms with Crippen molar-refractivity contribution < 1.29 is 9.84 Å². The van der Waals surface area contributed by atoms with Gasteiger partial charge in [-0.3, -0.25) is 0 Å². The lowest BCUT2D eigenvalue weighted by Gasteiger charge is -2.11. The summed E-state index contributed by atoms with van der Waals surface area (Å²) in [6.07, 6.45) is -0.531. The normalized spacial score (nSPS) is 12.2. The number of hydrogen-bond donors (Lipinski definition) is 2. The summed E-state index contributed by atoms with van der Waals surface area (Å²) in [5.41, 5.74) is 7.08. The van der Waals surface area contributed by atoms with E-state index in [2.05, 4.69) is 0 Å². The van der Waals surface area contributed by atoms with Crippen LogP contribution in [0.3, 0.4) is 0 Å². The summed E-state index contributed by atoms with van der Waals surface area (Å²) in [7, 11) is 0. The lowest BCUT2D eigenvalue weighted by Crippen LogP contribution is -1.94. The van der Waals surface area contributed by atoms with Gasteiger partial charge in [0.25, 0.3) is 0 Å². The van der Waals surface area contributed by atoms with E-state index in [4.69, 9.17) is 22.1 Å². The van der Waals surface area contributed by atoms with Gasteiger partial charge in [-0.15, -0.1) is 0 Å². The topological polar surface area (TPSA) is 55.5 Å². The number of nitrogens with two attached hydrogens (primary N) is 1. The minimum atomic E-state index is -0.531.